The number of benzene rings is 1. The average Bonchev–Trinajstić information content (AvgIpc) is 2.45. The van der Waals surface area contributed by atoms with Crippen LogP contribution in [-0.4, -0.2) is 16.6 Å². The number of nitrogens with one attached hydrogen (secondary N) is 1. The summed E-state index contributed by atoms with van der Waals surface area (Å²) in [4.78, 5) is 16.1. The van der Waals surface area contributed by atoms with Gasteiger partial charge in [0.1, 0.15) is 0 Å². The smallest absolute Gasteiger partial charge is 0.227 e. The summed E-state index contributed by atoms with van der Waals surface area (Å²) in [5.74, 6) is -0.0352. The first-order valence-corrected chi connectivity index (χ1v) is 6.88. The fourth-order valence-electron chi connectivity index (χ4n) is 1.58. The van der Waals surface area contributed by atoms with Gasteiger partial charge in [0.2, 0.25) is 5.91 Å². The molecule has 0 radical (unpaired) electrons. The van der Waals surface area contributed by atoms with Crippen LogP contribution in [0.25, 0.3) is 0 Å². The standard InChI is InChI=1S/C14H15N3OS/c15-14(18)10-19-13-7-2-1-6-12(13)17-9-11-5-3-4-8-16-11/h1-8,17H,9-10H2,(H2,15,18). The molecule has 3 N–H and O–H groups in total. The van der Waals surface area contributed by atoms with E-state index < -0.39 is 0 Å². The van der Waals surface area contributed by atoms with Crippen molar-refractivity contribution < 1.29 is 4.79 Å². The molecule has 0 fully saturated rings. The molecular formula is C14H15N3OS. The number of pyridine rings is 1. The fraction of sp³-hybridized carbons (Fsp3) is 0.143. The molecule has 0 saturated heterocycles. The van der Waals surface area contributed by atoms with Crippen molar-refractivity contribution in [1.82, 2.24) is 4.98 Å². The molecule has 0 aliphatic carbocycles. The minimum Gasteiger partial charge on any atom is -0.378 e. The molecule has 1 aromatic heterocycles. The van der Waals surface area contributed by atoms with Gasteiger partial charge in [-0.05, 0) is 24.3 Å². The van der Waals surface area contributed by atoms with Crippen LogP contribution in [0.2, 0.25) is 0 Å². The first kappa shape index (κ1) is 13.4. The van der Waals surface area contributed by atoms with E-state index in [0.717, 1.165) is 16.3 Å². The predicted octanol–water partition coefficient (Wildman–Crippen LogP) is 2.27. The molecule has 0 saturated carbocycles. The largest absolute Gasteiger partial charge is 0.378 e. The lowest BCUT2D eigenvalue weighted by Gasteiger charge is -2.10. The van der Waals surface area contributed by atoms with Crippen LogP contribution < -0.4 is 11.1 Å². The van der Waals surface area contributed by atoms with E-state index in [1.807, 2.05) is 42.5 Å². The Morgan fingerprint density at radius 2 is 2.00 bits per heavy atom. The number of carbonyl (C=O) groups is 1. The summed E-state index contributed by atoms with van der Waals surface area (Å²) in [5, 5.41) is 3.32. The lowest BCUT2D eigenvalue weighted by molar-refractivity contribution is -0.115. The van der Waals surface area contributed by atoms with Gasteiger partial charge < -0.3 is 11.1 Å². The summed E-state index contributed by atoms with van der Waals surface area (Å²) < 4.78 is 0. The first-order valence-electron chi connectivity index (χ1n) is 5.89. The Bertz CT molecular complexity index is 545. The Morgan fingerprint density at radius 1 is 1.21 bits per heavy atom. The van der Waals surface area contributed by atoms with Crippen molar-refractivity contribution in [2.45, 2.75) is 11.4 Å². The van der Waals surface area contributed by atoms with E-state index in [-0.39, 0.29) is 11.7 Å². The Balaban J connectivity index is 2.01. The van der Waals surface area contributed by atoms with E-state index in [2.05, 4.69) is 10.3 Å². The monoisotopic (exact) mass is 273 g/mol. The van der Waals surface area contributed by atoms with E-state index in [1.54, 1.807) is 6.20 Å². The SMILES string of the molecule is NC(=O)CSc1ccccc1NCc1ccccn1. The van der Waals surface area contributed by atoms with Gasteiger partial charge in [-0.3, -0.25) is 9.78 Å². The normalized spacial score (nSPS) is 10.1. The minimum atomic E-state index is -0.315. The van der Waals surface area contributed by atoms with Crippen LogP contribution in [0.3, 0.4) is 0 Å². The zero-order chi connectivity index (χ0) is 13.5. The first-order chi connectivity index (χ1) is 9.25. The number of primary amides is 1. The zero-order valence-electron chi connectivity index (χ0n) is 10.4. The third kappa shape index (κ3) is 4.30. The van der Waals surface area contributed by atoms with Gasteiger partial charge in [0.15, 0.2) is 0 Å². The maximum atomic E-state index is 10.8. The Hall–Kier alpha value is -2.01. The highest BCUT2D eigenvalue weighted by Gasteiger charge is 2.04. The highest BCUT2D eigenvalue weighted by Crippen LogP contribution is 2.26. The number of nitrogens with two attached hydrogens (primary N) is 1. The van der Waals surface area contributed by atoms with Crippen molar-refractivity contribution in [3.63, 3.8) is 0 Å². The second kappa shape index (κ2) is 6.80. The number of thioether (sulfide) groups is 1. The summed E-state index contributed by atoms with van der Waals surface area (Å²) in [6.07, 6.45) is 1.77. The number of rotatable bonds is 6. The molecule has 0 aliphatic heterocycles. The average molecular weight is 273 g/mol. The molecule has 1 aromatic carbocycles. The van der Waals surface area contributed by atoms with Gasteiger partial charge in [0, 0.05) is 16.8 Å². The van der Waals surface area contributed by atoms with E-state index in [4.69, 9.17) is 5.73 Å². The number of anilines is 1. The maximum absolute atomic E-state index is 10.8. The molecule has 0 bridgehead atoms. The van der Waals surface area contributed by atoms with E-state index >= 15 is 0 Å². The second-order valence-electron chi connectivity index (χ2n) is 3.93. The van der Waals surface area contributed by atoms with Crippen molar-refractivity contribution in [2.24, 2.45) is 5.73 Å². The van der Waals surface area contributed by atoms with Crippen molar-refractivity contribution in [2.75, 3.05) is 11.1 Å². The van der Waals surface area contributed by atoms with Gasteiger partial charge in [-0.1, -0.05) is 18.2 Å². The van der Waals surface area contributed by atoms with E-state index in [1.165, 1.54) is 11.8 Å². The van der Waals surface area contributed by atoms with Crippen LogP contribution in [0, 0.1) is 0 Å². The number of nitrogens with zero attached hydrogens (tertiary/aromatic N) is 1. The molecule has 98 valence electrons. The van der Waals surface area contributed by atoms with Gasteiger partial charge in [-0.15, -0.1) is 11.8 Å². The van der Waals surface area contributed by atoms with Gasteiger partial charge in [-0.2, -0.15) is 0 Å². The van der Waals surface area contributed by atoms with Crippen LogP contribution in [0.15, 0.2) is 53.6 Å². The number of carbonyl (C=O) groups excluding carboxylic acids is 1. The molecule has 1 amide bonds. The number of para-hydroxylation sites is 1. The van der Waals surface area contributed by atoms with Gasteiger partial charge in [0.25, 0.3) is 0 Å². The molecule has 1 heterocycles. The molecule has 0 spiro atoms. The Morgan fingerprint density at radius 3 is 2.74 bits per heavy atom. The number of hydrogen-bond acceptors (Lipinski definition) is 4. The zero-order valence-corrected chi connectivity index (χ0v) is 11.2. The van der Waals surface area contributed by atoms with Crippen LogP contribution in [0.5, 0.6) is 0 Å². The number of aromatic nitrogens is 1. The molecule has 0 atom stereocenters. The van der Waals surface area contributed by atoms with Gasteiger partial charge in [-0.25, -0.2) is 0 Å². The third-order valence-corrected chi connectivity index (χ3v) is 3.54. The summed E-state index contributed by atoms with van der Waals surface area (Å²) in [7, 11) is 0. The second-order valence-corrected chi connectivity index (χ2v) is 4.94. The Labute approximate surface area is 116 Å². The topological polar surface area (TPSA) is 68.0 Å². The lowest BCUT2D eigenvalue weighted by atomic mass is 10.3. The minimum absolute atomic E-state index is 0.280. The van der Waals surface area contributed by atoms with Gasteiger partial charge >= 0.3 is 0 Å². The molecule has 4 nitrogen and oxygen atoms in total. The van der Waals surface area contributed by atoms with Crippen LogP contribution in [0.4, 0.5) is 5.69 Å². The maximum Gasteiger partial charge on any atom is 0.227 e. The Kier molecular flexibility index (Phi) is 4.80. The summed E-state index contributed by atoms with van der Waals surface area (Å²) in [6, 6.07) is 13.6. The molecule has 19 heavy (non-hydrogen) atoms. The molecule has 0 unspecified atom stereocenters. The van der Waals surface area contributed by atoms with Crippen LogP contribution in [0.1, 0.15) is 5.69 Å². The highest BCUT2D eigenvalue weighted by atomic mass is 32.2. The van der Waals surface area contributed by atoms with Crippen LogP contribution >= 0.6 is 11.8 Å². The van der Waals surface area contributed by atoms with Crippen molar-refractivity contribution >= 4 is 23.4 Å². The van der Waals surface area contributed by atoms with E-state index in [9.17, 15) is 4.79 Å². The molecule has 2 aromatic rings. The fourth-order valence-corrected chi connectivity index (χ4v) is 2.34. The molecule has 2 rings (SSSR count). The van der Waals surface area contributed by atoms with Crippen LogP contribution in [-0.2, 0) is 11.3 Å². The van der Waals surface area contributed by atoms with Crippen molar-refractivity contribution in [3.05, 3.63) is 54.4 Å². The lowest BCUT2D eigenvalue weighted by Crippen LogP contribution is -2.13. The predicted molar refractivity (Wildman–Crippen MR) is 77.9 cm³/mol. The highest BCUT2D eigenvalue weighted by molar-refractivity contribution is 8.00. The third-order valence-electron chi connectivity index (χ3n) is 2.44. The number of hydrogen-bond donors (Lipinski definition) is 2. The molecular weight excluding hydrogens is 258 g/mol. The number of amides is 1. The summed E-state index contributed by atoms with van der Waals surface area (Å²) in [5.41, 5.74) is 7.12. The van der Waals surface area contributed by atoms with E-state index in [0.29, 0.717) is 6.54 Å². The molecule has 0 aliphatic rings. The quantitative estimate of drug-likeness (QED) is 0.792. The van der Waals surface area contributed by atoms with Crippen molar-refractivity contribution in [3.8, 4) is 0 Å². The summed E-state index contributed by atoms with van der Waals surface area (Å²) in [6.45, 7) is 0.648. The van der Waals surface area contributed by atoms with Gasteiger partial charge in [0.05, 0.1) is 18.0 Å². The summed E-state index contributed by atoms with van der Waals surface area (Å²) >= 11 is 1.43. The molecule has 5 heteroatoms. The van der Waals surface area contributed by atoms with Crippen molar-refractivity contribution in [1.29, 1.82) is 0 Å².